The van der Waals surface area contributed by atoms with E-state index < -0.39 is 0 Å². The second-order valence-corrected chi connectivity index (χ2v) is 6.16. The second-order valence-electron chi connectivity index (χ2n) is 5.10. The van der Waals surface area contributed by atoms with E-state index in [2.05, 4.69) is 35.4 Å². The number of thioether (sulfide) groups is 1. The molecule has 2 atom stereocenters. The fourth-order valence-corrected chi connectivity index (χ4v) is 3.00. The zero-order chi connectivity index (χ0) is 14.7. The Morgan fingerprint density at radius 2 is 2.29 bits per heavy atom. The zero-order valence-corrected chi connectivity index (χ0v) is 13.0. The Morgan fingerprint density at radius 3 is 3.14 bits per heavy atom. The van der Waals surface area contributed by atoms with Gasteiger partial charge in [-0.2, -0.15) is 4.98 Å². The highest BCUT2D eigenvalue weighted by Crippen LogP contribution is 2.39. The highest BCUT2D eigenvalue weighted by Gasteiger charge is 2.26. The summed E-state index contributed by atoms with van der Waals surface area (Å²) in [5.74, 6) is 2.92. The summed E-state index contributed by atoms with van der Waals surface area (Å²) in [5, 5.41) is 7.39. The van der Waals surface area contributed by atoms with Crippen LogP contribution in [0.15, 0.2) is 33.7 Å². The van der Waals surface area contributed by atoms with E-state index in [1.165, 1.54) is 0 Å². The summed E-state index contributed by atoms with van der Waals surface area (Å²) >= 11 is 1.76. The maximum absolute atomic E-state index is 5.95. The third-order valence-corrected chi connectivity index (χ3v) is 4.61. The largest absolute Gasteiger partial charge is 0.480 e. The summed E-state index contributed by atoms with van der Waals surface area (Å²) in [6, 6.07) is 8.46. The fraction of sp³-hybridized carbons (Fsp3) is 0.467. The van der Waals surface area contributed by atoms with Crippen molar-refractivity contribution in [3.8, 4) is 5.75 Å². The van der Waals surface area contributed by atoms with Crippen LogP contribution in [0.25, 0.3) is 0 Å². The zero-order valence-electron chi connectivity index (χ0n) is 12.2. The van der Waals surface area contributed by atoms with Crippen molar-refractivity contribution in [3.05, 3.63) is 36.0 Å². The molecule has 2 unspecified atom stereocenters. The van der Waals surface area contributed by atoms with Gasteiger partial charge in [0.2, 0.25) is 11.7 Å². The molecule has 0 fully saturated rings. The Kier molecular flexibility index (Phi) is 4.45. The third kappa shape index (κ3) is 3.39. The van der Waals surface area contributed by atoms with Crippen molar-refractivity contribution in [2.75, 3.05) is 5.75 Å². The maximum atomic E-state index is 5.95. The molecule has 5 nitrogen and oxygen atoms in total. The smallest absolute Gasteiger partial charge is 0.240 e. The number of rotatable bonds is 5. The average Bonchev–Trinajstić information content (AvgIpc) is 3.01. The number of fused-ring (bicyclic) bond motifs is 1. The molecule has 1 aromatic heterocycles. The van der Waals surface area contributed by atoms with Gasteiger partial charge in [0, 0.05) is 16.7 Å². The van der Waals surface area contributed by atoms with Gasteiger partial charge < -0.3 is 14.6 Å². The van der Waals surface area contributed by atoms with Crippen molar-refractivity contribution in [3.63, 3.8) is 0 Å². The minimum atomic E-state index is -0.147. The Bertz CT molecular complexity index is 602. The minimum Gasteiger partial charge on any atom is -0.480 e. The maximum Gasteiger partial charge on any atom is 0.240 e. The number of benzene rings is 1. The van der Waals surface area contributed by atoms with E-state index >= 15 is 0 Å². The normalized spacial score (nSPS) is 18.9. The van der Waals surface area contributed by atoms with Crippen molar-refractivity contribution < 1.29 is 9.26 Å². The van der Waals surface area contributed by atoms with Crippen molar-refractivity contribution in [2.24, 2.45) is 0 Å². The molecule has 112 valence electrons. The van der Waals surface area contributed by atoms with Gasteiger partial charge in [-0.1, -0.05) is 24.2 Å². The van der Waals surface area contributed by atoms with Crippen molar-refractivity contribution in [1.29, 1.82) is 0 Å². The van der Waals surface area contributed by atoms with Gasteiger partial charge in [-0.15, -0.1) is 11.8 Å². The Hall–Kier alpha value is -1.53. The van der Waals surface area contributed by atoms with Gasteiger partial charge in [0.25, 0.3) is 0 Å². The van der Waals surface area contributed by atoms with Crippen LogP contribution in [0.4, 0.5) is 0 Å². The number of ether oxygens (including phenoxy) is 1. The van der Waals surface area contributed by atoms with E-state index in [9.17, 15) is 0 Å². The van der Waals surface area contributed by atoms with Crippen molar-refractivity contribution in [2.45, 2.75) is 43.9 Å². The van der Waals surface area contributed by atoms with Crippen LogP contribution in [-0.4, -0.2) is 21.9 Å². The SMILES string of the molecule is CCC(C)NCc1nc(C2CSc3ccccc3O2)no1. The second kappa shape index (κ2) is 6.49. The van der Waals surface area contributed by atoms with Crippen LogP contribution in [0.2, 0.25) is 0 Å². The number of hydrogen-bond acceptors (Lipinski definition) is 6. The molecule has 6 heteroatoms. The Morgan fingerprint density at radius 1 is 1.43 bits per heavy atom. The quantitative estimate of drug-likeness (QED) is 0.915. The lowest BCUT2D eigenvalue weighted by atomic mass is 10.2. The number of hydrogen-bond donors (Lipinski definition) is 1. The predicted molar refractivity (Wildman–Crippen MR) is 81.4 cm³/mol. The Balaban J connectivity index is 1.65. The van der Waals surface area contributed by atoms with Gasteiger partial charge in [0.15, 0.2) is 6.10 Å². The van der Waals surface area contributed by atoms with E-state index in [1.54, 1.807) is 11.8 Å². The van der Waals surface area contributed by atoms with Crippen molar-refractivity contribution >= 4 is 11.8 Å². The first kappa shape index (κ1) is 14.4. The summed E-state index contributed by atoms with van der Waals surface area (Å²) in [6.45, 7) is 4.87. The fourth-order valence-electron chi connectivity index (χ4n) is 2.02. The first-order chi connectivity index (χ1) is 10.3. The van der Waals surface area contributed by atoms with Gasteiger partial charge in [-0.3, -0.25) is 0 Å². The molecule has 2 heterocycles. The molecule has 1 aliphatic rings. The monoisotopic (exact) mass is 305 g/mol. The standard InChI is InChI=1S/C15H19N3O2S/c1-3-10(2)16-8-14-17-15(18-20-14)12-9-21-13-7-5-4-6-11(13)19-12/h4-7,10,12,16H,3,8-9H2,1-2H3. The molecule has 0 aliphatic carbocycles. The summed E-state index contributed by atoms with van der Waals surface area (Å²) in [7, 11) is 0. The van der Waals surface area contributed by atoms with Crippen LogP contribution in [0, 0.1) is 0 Å². The van der Waals surface area contributed by atoms with Crippen LogP contribution in [0.5, 0.6) is 5.75 Å². The number of nitrogens with zero attached hydrogens (tertiary/aromatic N) is 2. The molecule has 0 radical (unpaired) electrons. The van der Waals surface area contributed by atoms with Crippen LogP contribution in [0.1, 0.15) is 38.1 Å². The molecule has 0 spiro atoms. The lowest BCUT2D eigenvalue weighted by Crippen LogP contribution is -2.24. The molecular weight excluding hydrogens is 286 g/mol. The molecule has 0 bridgehead atoms. The highest BCUT2D eigenvalue weighted by molar-refractivity contribution is 7.99. The molecule has 1 aliphatic heterocycles. The topological polar surface area (TPSA) is 60.2 Å². The summed E-state index contributed by atoms with van der Waals surface area (Å²) in [4.78, 5) is 5.60. The van der Waals surface area contributed by atoms with Gasteiger partial charge in [0.1, 0.15) is 5.75 Å². The summed E-state index contributed by atoms with van der Waals surface area (Å²) < 4.78 is 11.2. The van der Waals surface area contributed by atoms with Gasteiger partial charge in [0.05, 0.1) is 6.54 Å². The van der Waals surface area contributed by atoms with Crippen molar-refractivity contribution in [1.82, 2.24) is 15.5 Å². The number of aromatic nitrogens is 2. The minimum absolute atomic E-state index is 0.147. The predicted octanol–water partition coefficient (Wildman–Crippen LogP) is 3.18. The molecule has 0 amide bonds. The molecule has 0 saturated carbocycles. The van der Waals surface area contributed by atoms with E-state index in [0.29, 0.717) is 24.3 Å². The van der Waals surface area contributed by atoms with Crippen LogP contribution < -0.4 is 10.1 Å². The van der Waals surface area contributed by atoms with E-state index in [-0.39, 0.29) is 6.10 Å². The lowest BCUT2D eigenvalue weighted by molar-refractivity contribution is 0.205. The number of nitrogens with one attached hydrogen (secondary N) is 1. The van der Waals surface area contributed by atoms with Gasteiger partial charge >= 0.3 is 0 Å². The van der Waals surface area contributed by atoms with Crippen LogP contribution >= 0.6 is 11.8 Å². The lowest BCUT2D eigenvalue weighted by Gasteiger charge is -2.22. The summed E-state index contributed by atoms with van der Waals surface area (Å²) in [5.41, 5.74) is 0. The molecular formula is C15H19N3O2S. The molecule has 3 rings (SSSR count). The molecule has 1 N–H and O–H groups in total. The van der Waals surface area contributed by atoms with Crippen LogP contribution in [-0.2, 0) is 6.54 Å². The van der Waals surface area contributed by atoms with Gasteiger partial charge in [-0.25, -0.2) is 0 Å². The average molecular weight is 305 g/mol. The van der Waals surface area contributed by atoms with E-state index in [0.717, 1.165) is 22.8 Å². The first-order valence-electron chi connectivity index (χ1n) is 7.20. The third-order valence-electron chi connectivity index (χ3n) is 3.49. The van der Waals surface area contributed by atoms with Gasteiger partial charge in [-0.05, 0) is 25.5 Å². The van der Waals surface area contributed by atoms with E-state index in [4.69, 9.17) is 9.26 Å². The van der Waals surface area contributed by atoms with E-state index in [1.807, 2.05) is 18.2 Å². The molecule has 21 heavy (non-hydrogen) atoms. The first-order valence-corrected chi connectivity index (χ1v) is 8.19. The number of para-hydroxylation sites is 1. The molecule has 0 saturated heterocycles. The molecule has 2 aromatic rings. The molecule has 1 aromatic carbocycles. The Labute approximate surface area is 128 Å². The highest BCUT2D eigenvalue weighted by atomic mass is 32.2. The summed E-state index contributed by atoms with van der Waals surface area (Å²) in [6.07, 6.45) is 0.922. The van der Waals surface area contributed by atoms with Crippen LogP contribution in [0.3, 0.4) is 0 Å².